The van der Waals surface area contributed by atoms with E-state index in [1.54, 1.807) is 12.1 Å². The van der Waals surface area contributed by atoms with Crippen molar-refractivity contribution in [2.45, 2.75) is 6.92 Å². The molecule has 1 aromatic heterocycles. The van der Waals surface area contributed by atoms with Gasteiger partial charge < -0.3 is 15.4 Å². The molecule has 26 heavy (non-hydrogen) atoms. The van der Waals surface area contributed by atoms with Crippen LogP contribution in [0.1, 0.15) is 16.1 Å². The van der Waals surface area contributed by atoms with Crippen LogP contribution in [0.3, 0.4) is 0 Å². The summed E-state index contributed by atoms with van der Waals surface area (Å²) in [7, 11) is 0. The first-order valence-corrected chi connectivity index (χ1v) is 8.95. The number of hydrogen-bond donors (Lipinski definition) is 2. The average molecular weight is 376 g/mol. The van der Waals surface area contributed by atoms with Crippen molar-refractivity contribution in [1.82, 2.24) is 20.4 Å². The van der Waals surface area contributed by atoms with Crippen LogP contribution in [0.5, 0.6) is 0 Å². The zero-order valence-electron chi connectivity index (χ0n) is 14.7. The van der Waals surface area contributed by atoms with E-state index in [4.69, 9.17) is 16.3 Å². The maximum Gasteiger partial charge on any atom is 0.271 e. The molecule has 138 valence electrons. The number of nitrogens with zero attached hydrogens (tertiary/aromatic N) is 3. The fourth-order valence-electron chi connectivity index (χ4n) is 2.63. The molecular formula is C18H22ClN5O2. The van der Waals surface area contributed by atoms with Crippen LogP contribution < -0.4 is 10.6 Å². The van der Waals surface area contributed by atoms with Crippen molar-refractivity contribution in [2.75, 3.05) is 44.7 Å². The van der Waals surface area contributed by atoms with Crippen LogP contribution >= 0.6 is 11.6 Å². The first-order valence-electron chi connectivity index (χ1n) is 8.57. The lowest BCUT2D eigenvalue weighted by Gasteiger charge is -2.26. The molecule has 1 aliphatic heterocycles. The third-order valence-corrected chi connectivity index (χ3v) is 4.41. The maximum absolute atomic E-state index is 12.2. The number of halogens is 1. The second-order valence-corrected chi connectivity index (χ2v) is 6.53. The standard InChI is InChI=1S/C18H22ClN5O2/c1-13-2-3-14(19)12-16(13)21-17-5-4-15(22-23-17)18(25)20-6-7-24-8-10-26-11-9-24/h2-5,12H,6-11H2,1H3,(H,20,25)(H,21,23). The number of amides is 1. The number of ether oxygens (including phenoxy) is 1. The minimum absolute atomic E-state index is 0.226. The van der Waals surface area contributed by atoms with E-state index in [2.05, 4.69) is 25.7 Å². The molecule has 1 saturated heterocycles. The van der Waals surface area contributed by atoms with Gasteiger partial charge in [-0.05, 0) is 36.8 Å². The van der Waals surface area contributed by atoms with Crippen molar-refractivity contribution in [2.24, 2.45) is 0 Å². The lowest BCUT2D eigenvalue weighted by Crippen LogP contribution is -2.41. The molecule has 1 aromatic carbocycles. The summed E-state index contributed by atoms with van der Waals surface area (Å²) in [5.74, 6) is 0.330. The summed E-state index contributed by atoms with van der Waals surface area (Å²) in [5.41, 5.74) is 2.19. The summed E-state index contributed by atoms with van der Waals surface area (Å²) in [6.45, 7) is 6.65. The molecule has 0 spiro atoms. The second-order valence-electron chi connectivity index (χ2n) is 6.10. The minimum atomic E-state index is -0.226. The van der Waals surface area contributed by atoms with E-state index in [-0.39, 0.29) is 5.91 Å². The third kappa shape index (κ3) is 5.14. The molecule has 2 aromatic rings. The van der Waals surface area contributed by atoms with Gasteiger partial charge in [0.2, 0.25) is 0 Å². The largest absolute Gasteiger partial charge is 0.379 e. The number of anilines is 2. The Bertz CT molecular complexity index is 748. The normalized spacial score (nSPS) is 14.8. The molecule has 0 radical (unpaired) electrons. The second kappa shape index (κ2) is 8.93. The van der Waals surface area contributed by atoms with Crippen LogP contribution in [0, 0.1) is 6.92 Å². The molecule has 7 nitrogen and oxygen atoms in total. The van der Waals surface area contributed by atoms with Crippen molar-refractivity contribution in [3.05, 3.63) is 46.6 Å². The molecule has 0 aliphatic carbocycles. The number of carbonyl (C=O) groups is 1. The molecule has 2 heterocycles. The Balaban J connectivity index is 1.51. The Hall–Kier alpha value is -2.22. The molecule has 0 saturated carbocycles. The van der Waals surface area contributed by atoms with Crippen molar-refractivity contribution in [3.8, 4) is 0 Å². The summed E-state index contributed by atoms with van der Waals surface area (Å²) in [4.78, 5) is 14.4. The van der Waals surface area contributed by atoms with Gasteiger partial charge in [0.05, 0.1) is 13.2 Å². The minimum Gasteiger partial charge on any atom is -0.379 e. The van der Waals surface area contributed by atoms with Crippen molar-refractivity contribution in [1.29, 1.82) is 0 Å². The number of nitrogens with one attached hydrogen (secondary N) is 2. The number of aromatic nitrogens is 2. The number of hydrogen-bond acceptors (Lipinski definition) is 6. The predicted molar refractivity (Wildman–Crippen MR) is 101 cm³/mol. The number of rotatable bonds is 6. The maximum atomic E-state index is 12.2. The van der Waals surface area contributed by atoms with Gasteiger partial charge in [-0.15, -0.1) is 10.2 Å². The molecule has 2 N–H and O–H groups in total. The number of aryl methyl sites for hydroxylation is 1. The average Bonchev–Trinajstić information content (AvgIpc) is 2.66. The van der Waals surface area contributed by atoms with Crippen LogP contribution in [-0.4, -0.2) is 60.4 Å². The fraction of sp³-hybridized carbons (Fsp3) is 0.389. The zero-order chi connectivity index (χ0) is 18.4. The van der Waals surface area contributed by atoms with Gasteiger partial charge in [-0.2, -0.15) is 0 Å². The lowest BCUT2D eigenvalue weighted by atomic mass is 10.2. The van der Waals surface area contributed by atoms with Crippen LogP contribution in [-0.2, 0) is 4.74 Å². The van der Waals surface area contributed by atoms with Crippen molar-refractivity contribution < 1.29 is 9.53 Å². The fourth-order valence-corrected chi connectivity index (χ4v) is 2.80. The van der Waals surface area contributed by atoms with E-state index in [0.29, 0.717) is 23.1 Å². The van der Waals surface area contributed by atoms with Gasteiger partial charge in [0.25, 0.3) is 5.91 Å². The SMILES string of the molecule is Cc1ccc(Cl)cc1Nc1ccc(C(=O)NCCN2CCOCC2)nn1. The summed E-state index contributed by atoms with van der Waals surface area (Å²) >= 11 is 6.02. The van der Waals surface area contributed by atoms with Crippen LogP contribution in [0.2, 0.25) is 5.02 Å². The molecule has 1 amide bonds. The van der Waals surface area contributed by atoms with E-state index < -0.39 is 0 Å². The number of benzene rings is 1. The van der Waals surface area contributed by atoms with E-state index >= 15 is 0 Å². The highest BCUT2D eigenvalue weighted by molar-refractivity contribution is 6.30. The molecule has 8 heteroatoms. The Labute approximate surface area is 157 Å². The van der Waals surface area contributed by atoms with Gasteiger partial charge in [0.1, 0.15) is 0 Å². The molecule has 1 aliphatic rings. The highest BCUT2D eigenvalue weighted by atomic mass is 35.5. The molecule has 0 unspecified atom stereocenters. The van der Waals surface area contributed by atoms with Gasteiger partial charge in [-0.3, -0.25) is 9.69 Å². The van der Waals surface area contributed by atoms with E-state index in [9.17, 15) is 4.79 Å². The van der Waals surface area contributed by atoms with Crippen molar-refractivity contribution in [3.63, 3.8) is 0 Å². The van der Waals surface area contributed by atoms with Crippen LogP contribution in [0.4, 0.5) is 11.5 Å². The quantitative estimate of drug-likeness (QED) is 0.806. The monoisotopic (exact) mass is 375 g/mol. The molecule has 1 fully saturated rings. The Morgan fingerprint density at radius 1 is 1.23 bits per heavy atom. The highest BCUT2D eigenvalue weighted by Crippen LogP contribution is 2.22. The van der Waals surface area contributed by atoms with Crippen LogP contribution in [0.25, 0.3) is 0 Å². The lowest BCUT2D eigenvalue weighted by molar-refractivity contribution is 0.0383. The smallest absolute Gasteiger partial charge is 0.271 e. The first kappa shape index (κ1) is 18.6. The predicted octanol–water partition coefficient (Wildman–Crippen LogP) is 2.24. The molecule has 0 bridgehead atoms. The summed E-state index contributed by atoms with van der Waals surface area (Å²) in [6, 6.07) is 8.96. The van der Waals surface area contributed by atoms with Gasteiger partial charge in [0.15, 0.2) is 11.5 Å². The summed E-state index contributed by atoms with van der Waals surface area (Å²) in [6.07, 6.45) is 0. The first-order chi connectivity index (χ1) is 12.6. The third-order valence-electron chi connectivity index (χ3n) is 4.18. The van der Waals surface area contributed by atoms with E-state index in [1.165, 1.54) is 0 Å². The molecular weight excluding hydrogens is 354 g/mol. The van der Waals surface area contributed by atoms with Crippen LogP contribution in [0.15, 0.2) is 30.3 Å². The molecule has 3 rings (SSSR count). The van der Waals surface area contributed by atoms with Gasteiger partial charge >= 0.3 is 0 Å². The van der Waals surface area contributed by atoms with Gasteiger partial charge in [-0.1, -0.05) is 17.7 Å². The summed E-state index contributed by atoms with van der Waals surface area (Å²) < 4.78 is 5.30. The molecule has 0 atom stereocenters. The van der Waals surface area contributed by atoms with Crippen molar-refractivity contribution >= 4 is 29.0 Å². The Morgan fingerprint density at radius 2 is 2.04 bits per heavy atom. The van der Waals surface area contributed by atoms with E-state index in [0.717, 1.165) is 44.1 Å². The van der Waals surface area contributed by atoms with Gasteiger partial charge in [0, 0.05) is 36.9 Å². The Morgan fingerprint density at radius 3 is 2.77 bits per heavy atom. The zero-order valence-corrected chi connectivity index (χ0v) is 15.4. The Kier molecular flexibility index (Phi) is 6.38. The van der Waals surface area contributed by atoms with Gasteiger partial charge in [-0.25, -0.2) is 0 Å². The topological polar surface area (TPSA) is 79.4 Å². The highest BCUT2D eigenvalue weighted by Gasteiger charge is 2.12. The number of carbonyl (C=O) groups excluding carboxylic acids is 1. The summed E-state index contributed by atoms with van der Waals surface area (Å²) in [5, 5.41) is 14.7. The number of morpholine rings is 1. The van der Waals surface area contributed by atoms with E-state index in [1.807, 2.05) is 25.1 Å².